The molecule has 0 heteroatoms. The fourth-order valence-electron chi connectivity index (χ4n) is 6.37. The number of hydrogen-bond acceptors (Lipinski definition) is 0. The van der Waals surface area contributed by atoms with Crippen LogP contribution in [-0.2, 0) is 0 Å². The predicted molar refractivity (Wildman–Crippen MR) is 159 cm³/mol. The molecule has 0 unspecified atom stereocenters. The summed E-state index contributed by atoms with van der Waals surface area (Å²) in [5.41, 5.74) is 17.0. The van der Waals surface area contributed by atoms with Gasteiger partial charge in [-0.15, -0.1) is 0 Å². The smallest absolute Gasteiger partial charge is 0.00201 e. The molecule has 6 aromatic rings. The van der Waals surface area contributed by atoms with E-state index in [1.54, 1.807) is 0 Å². The first-order chi connectivity index (χ1) is 18.1. The van der Waals surface area contributed by atoms with Gasteiger partial charge in [-0.05, 0) is 98.3 Å². The lowest BCUT2D eigenvalue weighted by molar-refractivity contribution is 1.32. The van der Waals surface area contributed by atoms with E-state index in [1.165, 1.54) is 83.1 Å². The maximum atomic E-state index is 2.30. The van der Waals surface area contributed by atoms with Gasteiger partial charge in [0.2, 0.25) is 0 Å². The Kier molecular flexibility index (Phi) is 4.91. The molecule has 0 N–H and O–H groups in total. The zero-order valence-electron chi connectivity index (χ0n) is 21.5. The zero-order chi connectivity index (χ0) is 25.1. The minimum atomic E-state index is 1.24. The Morgan fingerprint density at radius 1 is 0.378 bits per heavy atom. The lowest BCUT2D eigenvalue weighted by Gasteiger charge is -2.13. The maximum absolute atomic E-state index is 2.30. The Morgan fingerprint density at radius 3 is 1.49 bits per heavy atom. The van der Waals surface area contributed by atoms with Gasteiger partial charge in [-0.3, -0.25) is 0 Å². The minimum absolute atomic E-state index is 1.24. The van der Waals surface area contributed by atoms with E-state index in [2.05, 4.69) is 136 Å². The van der Waals surface area contributed by atoms with E-state index in [0.717, 1.165) is 0 Å². The SMILES string of the molecule is Cc1cc(C)c(-c2ccc(-c3ccc(-c4ccc5c6c(cccc46)-c4ccccc4-5)cc3)cc2)c(C)c1. The molecule has 1 aliphatic rings. The Balaban J connectivity index is 1.24. The minimum Gasteiger partial charge on any atom is -0.0616 e. The molecule has 0 aliphatic heterocycles. The van der Waals surface area contributed by atoms with Crippen molar-refractivity contribution in [3.63, 3.8) is 0 Å². The quantitative estimate of drug-likeness (QED) is 0.240. The molecular formula is C37H28. The molecule has 176 valence electrons. The van der Waals surface area contributed by atoms with Gasteiger partial charge in [-0.2, -0.15) is 0 Å². The summed E-state index contributed by atoms with van der Waals surface area (Å²) in [6.45, 7) is 6.58. The third kappa shape index (κ3) is 3.44. The van der Waals surface area contributed by atoms with Crippen molar-refractivity contribution in [1.82, 2.24) is 0 Å². The molecule has 1 aliphatic carbocycles. The van der Waals surface area contributed by atoms with E-state index in [9.17, 15) is 0 Å². The zero-order valence-corrected chi connectivity index (χ0v) is 21.5. The van der Waals surface area contributed by atoms with Gasteiger partial charge < -0.3 is 0 Å². The molecule has 6 aromatic carbocycles. The summed E-state index contributed by atoms with van der Waals surface area (Å²) in [7, 11) is 0. The molecule has 0 nitrogen and oxygen atoms in total. The van der Waals surface area contributed by atoms with Crippen molar-refractivity contribution in [3.05, 3.63) is 132 Å². The highest BCUT2D eigenvalue weighted by molar-refractivity contribution is 6.18. The molecule has 0 radical (unpaired) electrons. The highest BCUT2D eigenvalue weighted by Crippen LogP contribution is 2.49. The normalized spacial score (nSPS) is 11.6. The first kappa shape index (κ1) is 21.8. The summed E-state index contributed by atoms with van der Waals surface area (Å²) in [6.07, 6.45) is 0. The summed E-state index contributed by atoms with van der Waals surface area (Å²) >= 11 is 0. The molecule has 0 saturated heterocycles. The van der Waals surface area contributed by atoms with E-state index < -0.39 is 0 Å². The van der Waals surface area contributed by atoms with Crippen LogP contribution in [-0.4, -0.2) is 0 Å². The van der Waals surface area contributed by atoms with Gasteiger partial charge >= 0.3 is 0 Å². The average molecular weight is 473 g/mol. The van der Waals surface area contributed by atoms with Crippen LogP contribution in [0.5, 0.6) is 0 Å². The third-order valence-corrected chi connectivity index (χ3v) is 7.93. The van der Waals surface area contributed by atoms with Crippen molar-refractivity contribution in [2.75, 3.05) is 0 Å². The van der Waals surface area contributed by atoms with Crippen molar-refractivity contribution >= 4 is 10.8 Å². The van der Waals surface area contributed by atoms with Gasteiger partial charge in [0.25, 0.3) is 0 Å². The van der Waals surface area contributed by atoms with Crippen LogP contribution >= 0.6 is 0 Å². The van der Waals surface area contributed by atoms with Gasteiger partial charge in [-0.1, -0.05) is 121 Å². The van der Waals surface area contributed by atoms with Crippen molar-refractivity contribution < 1.29 is 0 Å². The molecule has 0 spiro atoms. The van der Waals surface area contributed by atoms with Crippen LogP contribution in [0.4, 0.5) is 0 Å². The van der Waals surface area contributed by atoms with Crippen LogP contribution < -0.4 is 0 Å². The van der Waals surface area contributed by atoms with Gasteiger partial charge in [0, 0.05) is 0 Å². The third-order valence-electron chi connectivity index (χ3n) is 7.93. The summed E-state index contributed by atoms with van der Waals surface area (Å²) in [5.74, 6) is 0. The Hall–Kier alpha value is -4.42. The monoisotopic (exact) mass is 472 g/mol. The van der Waals surface area contributed by atoms with Gasteiger partial charge in [-0.25, -0.2) is 0 Å². The lowest BCUT2D eigenvalue weighted by atomic mass is 9.91. The van der Waals surface area contributed by atoms with E-state index in [0.29, 0.717) is 0 Å². The summed E-state index contributed by atoms with van der Waals surface area (Å²) in [5, 5.41) is 2.70. The van der Waals surface area contributed by atoms with Crippen molar-refractivity contribution in [1.29, 1.82) is 0 Å². The predicted octanol–water partition coefficient (Wildman–Crippen LogP) is 10.4. The number of rotatable bonds is 3. The van der Waals surface area contributed by atoms with Crippen LogP contribution in [0.25, 0.3) is 66.4 Å². The van der Waals surface area contributed by atoms with Crippen LogP contribution in [0.1, 0.15) is 16.7 Å². The second-order valence-corrected chi connectivity index (χ2v) is 10.4. The van der Waals surface area contributed by atoms with Crippen LogP contribution in [0.15, 0.2) is 115 Å². The van der Waals surface area contributed by atoms with E-state index in [1.807, 2.05) is 0 Å². The Labute approximate surface area is 218 Å². The lowest BCUT2D eigenvalue weighted by Crippen LogP contribution is -1.90. The molecule has 0 heterocycles. The molecule has 0 fully saturated rings. The molecule has 37 heavy (non-hydrogen) atoms. The molecule has 7 rings (SSSR count). The van der Waals surface area contributed by atoms with Crippen LogP contribution in [0.3, 0.4) is 0 Å². The largest absolute Gasteiger partial charge is 0.0616 e. The topological polar surface area (TPSA) is 0 Å². The summed E-state index contributed by atoms with van der Waals surface area (Å²) in [6, 6.07) is 42.7. The maximum Gasteiger partial charge on any atom is -0.00201 e. The first-order valence-electron chi connectivity index (χ1n) is 13.0. The van der Waals surface area contributed by atoms with E-state index in [-0.39, 0.29) is 0 Å². The van der Waals surface area contributed by atoms with Gasteiger partial charge in [0.05, 0.1) is 0 Å². The second kappa shape index (κ2) is 8.32. The number of hydrogen-bond donors (Lipinski definition) is 0. The molecule has 0 saturated carbocycles. The molecule has 0 bridgehead atoms. The molecular weight excluding hydrogens is 444 g/mol. The van der Waals surface area contributed by atoms with E-state index in [4.69, 9.17) is 0 Å². The fraction of sp³-hybridized carbons (Fsp3) is 0.0811. The van der Waals surface area contributed by atoms with Crippen molar-refractivity contribution in [2.24, 2.45) is 0 Å². The van der Waals surface area contributed by atoms with Gasteiger partial charge in [0.1, 0.15) is 0 Å². The molecule has 0 amide bonds. The molecule has 0 atom stereocenters. The summed E-state index contributed by atoms with van der Waals surface area (Å²) in [4.78, 5) is 0. The Bertz CT molecular complexity index is 1760. The van der Waals surface area contributed by atoms with Crippen LogP contribution in [0.2, 0.25) is 0 Å². The van der Waals surface area contributed by atoms with E-state index >= 15 is 0 Å². The standard InChI is InChI=1S/C37H28/c1-23-21-24(2)36(25(3)22-23)29-17-13-27(14-18-29)26-11-15-28(16-12-26)30-19-20-35-32-8-5-4-7-31(32)34-10-6-9-33(30)37(34)35/h4-22H,1-3H3. The number of benzene rings is 6. The first-order valence-corrected chi connectivity index (χ1v) is 13.0. The average Bonchev–Trinajstić information content (AvgIpc) is 3.24. The molecule has 0 aromatic heterocycles. The number of fused-ring (bicyclic) bond motifs is 3. The van der Waals surface area contributed by atoms with Crippen molar-refractivity contribution in [2.45, 2.75) is 20.8 Å². The highest BCUT2D eigenvalue weighted by Gasteiger charge is 2.22. The van der Waals surface area contributed by atoms with Gasteiger partial charge in [0.15, 0.2) is 0 Å². The second-order valence-electron chi connectivity index (χ2n) is 10.4. The Morgan fingerprint density at radius 2 is 0.865 bits per heavy atom. The number of aryl methyl sites for hydroxylation is 3. The fourth-order valence-corrected chi connectivity index (χ4v) is 6.37. The summed E-state index contributed by atoms with van der Waals surface area (Å²) < 4.78 is 0. The van der Waals surface area contributed by atoms with Crippen molar-refractivity contribution in [3.8, 4) is 55.6 Å². The highest BCUT2D eigenvalue weighted by atomic mass is 14.2. The van der Waals surface area contributed by atoms with Crippen LogP contribution in [0, 0.1) is 20.8 Å².